The lowest BCUT2D eigenvalue weighted by atomic mass is 10.2. The molecule has 0 atom stereocenters. The minimum atomic E-state index is -0.0616. The van der Waals surface area contributed by atoms with E-state index in [1.807, 2.05) is 19.1 Å². The highest BCUT2D eigenvalue weighted by molar-refractivity contribution is 7.98. The number of carbonyl (C=O) groups is 1. The number of thioether (sulfide) groups is 1. The number of aryl methyl sites for hydroxylation is 1. The molecule has 2 rings (SSSR count). The van der Waals surface area contributed by atoms with Crippen LogP contribution in [0.15, 0.2) is 33.9 Å². The van der Waals surface area contributed by atoms with Crippen LogP contribution in [0.3, 0.4) is 0 Å². The van der Waals surface area contributed by atoms with Crippen LogP contribution in [0.2, 0.25) is 0 Å². The Hall–Kier alpha value is -1.82. The summed E-state index contributed by atoms with van der Waals surface area (Å²) in [5.74, 6) is 1.35. The van der Waals surface area contributed by atoms with Crippen LogP contribution in [0.4, 0.5) is 0 Å². The molecule has 0 bridgehead atoms. The van der Waals surface area contributed by atoms with Crippen molar-refractivity contribution in [3.8, 4) is 0 Å². The molecule has 0 spiro atoms. The lowest BCUT2D eigenvalue weighted by Gasteiger charge is -2.08. The van der Waals surface area contributed by atoms with Crippen LogP contribution in [-0.4, -0.2) is 22.6 Å². The molecule has 0 aliphatic heterocycles. The number of hydrogen-bond donors (Lipinski definition) is 1. The number of unbranched alkanes of at least 4 members (excludes halogenated alkanes) is 3. The summed E-state index contributed by atoms with van der Waals surface area (Å²) in [4.78, 5) is 16.6. The van der Waals surface area contributed by atoms with Gasteiger partial charge in [0.2, 0.25) is 0 Å². The van der Waals surface area contributed by atoms with Crippen molar-refractivity contribution in [1.82, 2.24) is 15.5 Å². The molecule has 124 valence electrons. The molecule has 0 aliphatic rings. The van der Waals surface area contributed by atoms with Crippen LogP contribution in [-0.2, 0) is 5.75 Å². The first-order valence-electron chi connectivity index (χ1n) is 7.99. The largest absolute Gasteiger partial charge is 0.361 e. The number of amides is 1. The predicted molar refractivity (Wildman–Crippen MR) is 91.5 cm³/mol. The maximum absolute atomic E-state index is 12.3. The molecule has 23 heavy (non-hydrogen) atoms. The topological polar surface area (TPSA) is 68.0 Å². The molecule has 0 aliphatic carbocycles. The van der Waals surface area contributed by atoms with Crippen LogP contribution < -0.4 is 5.32 Å². The molecule has 0 radical (unpaired) electrons. The van der Waals surface area contributed by atoms with Crippen molar-refractivity contribution < 1.29 is 9.32 Å². The highest BCUT2D eigenvalue weighted by Gasteiger charge is 2.13. The van der Waals surface area contributed by atoms with Crippen molar-refractivity contribution in [2.45, 2.75) is 50.3 Å². The fourth-order valence-electron chi connectivity index (χ4n) is 2.16. The van der Waals surface area contributed by atoms with Gasteiger partial charge in [-0.1, -0.05) is 43.1 Å². The SMILES string of the molecule is CCCCCCNC(=O)c1cccnc1SCc1cc(C)on1. The monoisotopic (exact) mass is 333 g/mol. The van der Waals surface area contributed by atoms with Gasteiger partial charge in [-0.2, -0.15) is 0 Å². The van der Waals surface area contributed by atoms with E-state index in [-0.39, 0.29) is 5.91 Å². The molecule has 0 fully saturated rings. The van der Waals surface area contributed by atoms with E-state index >= 15 is 0 Å². The zero-order valence-corrected chi connectivity index (χ0v) is 14.5. The molecular weight excluding hydrogens is 310 g/mol. The summed E-state index contributed by atoms with van der Waals surface area (Å²) in [7, 11) is 0. The first-order valence-corrected chi connectivity index (χ1v) is 8.97. The van der Waals surface area contributed by atoms with E-state index in [4.69, 9.17) is 4.52 Å². The van der Waals surface area contributed by atoms with Gasteiger partial charge in [0.25, 0.3) is 5.91 Å². The number of aromatic nitrogens is 2. The summed E-state index contributed by atoms with van der Waals surface area (Å²) in [6, 6.07) is 5.49. The molecule has 1 N–H and O–H groups in total. The molecule has 0 saturated carbocycles. The van der Waals surface area contributed by atoms with Crippen molar-refractivity contribution in [2.24, 2.45) is 0 Å². The molecule has 2 aromatic heterocycles. The summed E-state index contributed by atoms with van der Waals surface area (Å²) in [5.41, 5.74) is 1.47. The van der Waals surface area contributed by atoms with Gasteiger partial charge < -0.3 is 9.84 Å². The summed E-state index contributed by atoms with van der Waals surface area (Å²) < 4.78 is 5.05. The quantitative estimate of drug-likeness (QED) is 0.555. The lowest BCUT2D eigenvalue weighted by Crippen LogP contribution is -2.25. The normalized spacial score (nSPS) is 10.7. The first kappa shape index (κ1) is 17.5. The predicted octanol–water partition coefficient (Wildman–Crippen LogP) is 3.98. The Kier molecular flexibility index (Phi) is 7.13. The standard InChI is InChI=1S/C17H23N3O2S/c1-3-4-5-6-9-18-16(21)15-8-7-10-19-17(15)23-12-14-11-13(2)22-20-14/h7-8,10-11H,3-6,9,12H2,1-2H3,(H,18,21). The Bertz CT molecular complexity index is 628. The highest BCUT2D eigenvalue weighted by atomic mass is 32.2. The van der Waals surface area contributed by atoms with Crippen molar-refractivity contribution in [3.05, 3.63) is 41.4 Å². The third-order valence-corrected chi connectivity index (χ3v) is 4.40. The molecule has 2 heterocycles. The number of nitrogens with zero attached hydrogens (tertiary/aromatic N) is 2. The third kappa shape index (κ3) is 5.71. The van der Waals surface area contributed by atoms with Gasteiger partial charge in [-0.25, -0.2) is 4.98 Å². The van der Waals surface area contributed by atoms with E-state index < -0.39 is 0 Å². The smallest absolute Gasteiger partial charge is 0.254 e. The number of rotatable bonds is 9. The zero-order valence-electron chi connectivity index (χ0n) is 13.7. The molecule has 1 amide bonds. The van der Waals surface area contributed by atoms with E-state index in [2.05, 4.69) is 22.4 Å². The van der Waals surface area contributed by atoms with E-state index in [0.717, 1.165) is 29.3 Å². The van der Waals surface area contributed by atoms with E-state index in [1.165, 1.54) is 24.6 Å². The average Bonchev–Trinajstić information content (AvgIpc) is 2.98. The number of hydrogen-bond acceptors (Lipinski definition) is 5. The van der Waals surface area contributed by atoms with E-state index in [0.29, 0.717) is 17.9 Å². The molecule has 5 nitrogen and oxygen atoms in total. The van der Waals surface area contributed by atoms with E-state index in [1.54, 1.807) is 12.3 Å². The van der Waals surface area contributed by atoms with Gasteiger partial charge in [-0.05, 0) is 25.5 Å². The third-order valence-electron chi connectivity index (χ3n) is 3.37. The van der Waals surface area contributed by atoms with Gasteiger partial charge in [0, 0.05) is 24.6 Å². The number of nitrogens with one attached hydrogen (secondary N) is 1. The van der Waals surface area contributed by atoms with Crippen LogP contribution >= 0.6 is 11.8 Å². The molecule has 6 heteroatoms. The fourth-order valence-corrected chi connectivity index (χ4v) is 3.03. The van der Waals surface area contributed by atoms with Crippen LogP contribution in [0.1, 0.15) is 54.4 Å². The Labute approximate surface area is 141 Å². The molecule has 0 unspecified atom stereocenters. The molecule has 0 saturated heterocycles. The van der Waals surface area contributed by atoms with Gasteiger partial charge in [-0.3, -0.25) is 4.79 Å². The Morgan fingerprint density at radius 3 is 2.96 bits per heavy atom. The van der Waals surface area contributed by atoms with Crippen molar-refractivity contribution >= 4 is 17.7 Å². The first-order chi connectivity index (χ1) is 11.2. The van der Waals surface area contributed by atoms with Gasteiger partial charge in [0.15, 0.2) is 0 Å². The minimum Gasteiger partial charge on any atom is -0.361 e. The van der Waals surface area contributed by atoms with Crippen molar-refractivity contribution in [3.63, 3.8) is 0 Å². The summed E-state index contributed by atoms with van der Waals surface area (Å²) in [6.45, 7) is 4.74. The highest BCUT2D eigenvalue weighted by Crippen LogP contribution is 2.24. The van der Waals surface area contributed by atoms with Gasteiger partial charge >= 0.3 is 0 Å². The molecule has 0 aromatic carbocycles. The summed E-state index contributed by atoms with van der Waals surface area (Å²) in [5, 5.41) is 7.65. The van der Waals surface area contributed by atoms with Crippen LogP contribution in [0.5, 0.6) is 0 Å². The van der Waals surface area contributed by atoms with Gasteiger partial charge in [0.1, 0.15) is 10.8 Å². The van der Waals surface area contributed by atoms with Crippen LogP contribution in [0, 0.1) is 6.92 Å². The minimum absolute atomic E-state index is 0.0616. The number of carbonyl (C=O) groups excluding carboxylic acids is 1. The van der Waals surface area contributed by atoms with Gasteiger partial charge in [-0.15, -0.1) is 0 Å². The second-order valence-corrected chi connectivity index (χ2v) is 6.35. The lowest BCUT2D eigenvalue weighted by molar-refractivity contribution is 0.0949. The maximum Gasteiger partial charge on any atom is 0.254 e. The van der Waals surface area contributed by atoms with Gasteiger partial charge in [0.05, 0.1) is 11.3 Å². The Morgan fingerprint density at radius 1 is 1.35 bits per heavy atom. The second kappa shape index (κ2) is 9.35. The Morgan fingerprint density at radius 2 is 2.22 bits per heavy atom. The van der Waals surface area contributed by atoms with Crippen molar-refractivity contribution in [1.29, 1.82) is 0 Å². The molecular formula is C17H23N3O2S. The van der Waals surface area contributed by atoms with Crippen molar-refractivity contribution in [2.75, 3.05) is 6.54 Å². The Balaban J connectivity index is 1.89. The maximum atomic E-state index is 12.3. The number of pyridine rings is 1. The second-order valence-electron chi connectivity index (χ2n) is 5.39. The zero-order chi connectivity index (χ0) is 16.5. The average molecular weight is 333 g/mol. The fraction of sp³-hybridized carbons (Fsp3) is 0.471. The summed E-state index contributed by atoms with van der Waals surface area (Å²) in [6.07, 6.45) is 6.27. The van der Waals surface area contributed by atoms with E-state index in [9.17, 15) is 4.79 Å². The summed E-state index contributed by atoms with van der Waals surface area (Å²) >= 11 is 1.49. The van der Waals surface area contributed by atoms with Crippen LogP contribution in [0.25, 0.3) is 0 Å². The molecule has 2 aromatic rings.